The van der Waals surface area contributed by atoms with Gasteiger partial charge in [0.25, 0.3) is 0 Å². The normalized spacial score (nSPS) is 11.8. The standard InChI is InChI=1S/C40H22N4OS2/c1-3-10-23(11-4-1)37-42-38(25-18-19-27-26-14-7-8-17-33(26)46-34(27)20-25)44-39(43-37)28-15-9-16-31-36(28)29-21-35-30(22-32(29)45-31)41-40(47-35)24-12-5-2-6-13-24/h1-22H. The summed E-state index contributed by atoms with van der Waals surface area (Å²) >= 11 is 3.48. The van der Waals surface area contributed by atoms with Crippen LogP contribution in [0.4, 0.5) is 0 Å². The Morgan fingerprint density at radius 1 is 0.426 bits per heavy atom. The van der Waals surface area contributed by atoms with E-state index >= 15 is 0 Å². The maximum atomic E-state index is 6.44. The molecule has 7 heteroatoms. The number of thiazole rings is 1. The molecule has 5 nitrogen and oxygen atoms in total. The van der Waals surface area contributed by atoms with E-state index < -0.39 is 0 Å². The molecular formula is C40H22N4OS2. The van der Waals surface area contributed by atoms with E-state index in [0.717, 1.165) is 59.4 Å². The molecule has 0 atom stereocenters. The van der Waals surface area contributed by atoms with Gasteiger partial charge in [-0.1, -0.05) is 103 Å². The molecule has 6 aromatic carbocycles. The Morgan fingerprint density at radius 2 is 1.15 bits per heavy atom. The molecule has 4 heterocycles. The fourth-order valence-corrected chi connectivity index (χ4v) is 8.48. The molecule has 0 unspecified atom stereocenters. The highest BCUT2D eigenvalue weighted by Gasteiger charge is 2.20. The molecule has 10 aromatic rings. The van der Waals surface area contributed by atoms with Crippen molar-refractivity contribution in [2.75, 3.05) is 0 Å². The lowest BCUT2D eigenvalue weighted by Gasteiger charge is -2.09. The van der Waals surface area contributed by atoms with Crippen molar-refractivity contribution in [2.45, 2.75) is 0 Å². The summed E-state index contributed by atoms with van der Waals surface area (Å²) in [6.45, 7) is 0. The van der Waals surface area contributed by atoms with Gasteiger partial charge in [-0.15, -0.1) is 22.7 Å². The van der Waals surface area contributed by atoms with Crippen molar-refractivity contribution in [3.05, 3.63) is 133 Å². The highest BCUT2D eigenvalue weighted by Crippen LogP contribution is 2.41. The van der Waals surface area contributed by atoms with Crippen LogP contribution >= 0.6 is 22.7 Å². The summed E-state index contributed by atoms with van der Waals surface area (Å²) in [5, 5.41) is 5.50. The van der Waals surface area contributed by atoms with Crippen LogP contribution in [0.25, 0.3) is 97.1 Å². The second-order valence-corrected chi connectivity index (χ2v) is 13.6. The third kappa shape index (κ3) is 4.35. The molecule has 0 radical (unpaired) electrons. The van der Waals surface area contributed by atoms with E-state index in [2.05, 4.69) is 66.7 Å². The maximum absolute atomic E-state index is 6.44. The largest absolute Gasteiger partial charge is 0.456 e. The molecule has 10 rings (SSSR count). The zero-order valence-corrected chi connectivity index (χ0v) is 26.3. The third-order valence-electron chi connectivity index (χ3n) is 8.57. The summed E-state index contributed by atoms with van der Waals surface area (Å²) in [5.74, 6) is 1.87. The van der Waals surface area contributed by atoms with Gasteiger partial charge in [0, 0.05) is 59.3 Å². The van der Waals surface area contributed by atoms with Crippen LogP contribution in [0.15, 0.2) is 138 Å². The topological polar surface area (TPSA) is 64.7 Å². The highest BCUT2D eigenvalue weighted by atomic mass is 32.1. The first kappa shape index (κ1) is 26.5. The first-order valence-corrected chi connectivity index (χ1v) is 16.9. The van der Waals surface area contributed by atoms with Gasteiger partial charge in [-0.3, -0.25) is 0 Å². The Balaban J connectivity index is 1.19. The summed E-state index contributed by atoms with van der Waals surface area (Å²) in [5.41, 5.74) is 6.39. The summed E-state index contributed by atoms with van der Waals surface area (Å²) < 4.78 is 10.0. The summed E-state index contributed by atoms with van der Waals surface area (Å²) in [6, 6.07) is 45.8. The number of aromatic nitrogens is 4. The minimum absolute atomic E-state index is 0.605. The Kier molecular flexibility index (Phi) is 5.85. The average Bonchev–Trinajstić information content (AvgIpc) is 3.83. The number of fused-ring (bicyclic) bond motifs is 7. The molecular weight excluding hydrogens is 617 g/mol. The van der Waals surface area contributed by atoms with Gasteiger partial charge in [-0.05, 0) is 24.3 Å². The van der Waals surface area contributed by atoms with Crippen LogP contribution in [0, 0.1) is 0 Å². The van der Waals surface area contributed by atoms with Crippen LogP contribution in [-0.2, 0) is 0 Å². The average molecular weight is 639 g/mol. The molecule has 0 fully saturated rings. The van der Waals surface area contributed by atoms with Crippen LogP contribution in [0.1, 0.15) is 0 Å². The van der Waals surface area contributed by atoms with E-state index in [-0.39, 0.29) is 0 Å². The van der Waals surface area contributed by atoms with Gasteiger partial charge in [-0.25, -0.2) is 19.9 Å². The molecule has 0 saturated heterocycles. The van der Waals surface area contributed by atoms with Crippen molar-refractivity contribution in [2.24, 2.45) is 0 Å². The third-order valence-corrected chi connectivity index (χ3v) is 10.8. The Labute approximate surface area is 276 Å². The fraction of sp³-hybridized carbons (Fsp3) is 0. The molecule has 0 aliphatic carbocycles. The van der Waals surface area contributed by atoms with E-state index in [4.69, 9.17) is 24.4 Å². The van der Waals surface area contributed by atoms with Gasteiger partial charge in [0.05, 0.1) is 10.2 Å². The zero-order valence-electron chi connectivity index (χ0n) is 24.7. The lowest BCUT2D eigenvalue weighted by molar-refractivity contribution is 0.669. The predicted molar refractivity (Wildman–Crippen MR) is 195 cm³/mol. The first-order chi connectivity index (χ1) is 23.2. The van der Waals surface area contributed by atoms with Crippen molar-refractivity contribution in [3.8, 4) is 44.7 Å². The molecule has 0 aliphatic rings. The number of hydrogen-bond acceptors (Lipinski definition) is 7. The van der Waals surface area contributed by atoms with Crippen molar-refractivity contribution in [3.63, 3.8) is 0 Å². The molecule has 4 aromatic heterocycles. The van der Waals surface area contributed by atoms with Crippen LogP contribution in [0.3, 0.4) is 0 Å². The van der Waals surface area contributed by atoms with Crippen molar-refractivity contribution < 1.29 is 4.42 Å². The predicted octanol–water partition coefficient (Wildman–Crippen LogP) is 11.4. The van der Waals surface area contributed by atoms with Crippen molar-refractivity contribution >= 4 is 75.0 Å². The Bertz CT molecular complexity index is 2800. The smallest absolute Gasteiger partial charge is 0.164 e. The minimum atomic E-state index is 0.605. The molecule has 0 N–H and O–H groups in total. The Hall–Kier alpha value is -5.76. The monoisotopic (exact) mass is 638 g/mol. The van der Waals surface area contributed by atoms with Gasteiger partial charge in [-0.2, -0.15) is 0 Å². The van der Waals surface area contributed by atoms with Crippen molar-refractivity contribution in [1.29, 1.82) is 0 Å². The summed E-state index contributed by atoms with van der Waals surface area (Å²) in [6.07, 6.45) is 0. The van der Waals surface area contributed by atoms with Crippen molar-refractivity contribution in [1.82, 2.24) is 19.9 Å². The Morgan fingerprint density at radius 3 is 2.00 bits per heavy atom. The molecule has 0 spiro atoms. The zero-order chi connectivity index (χ0) is 30.9. The highest BCUT2D eigenvalue weighted by molar-refractivity contribution is 7.25. The number of nitrogens with zero attached hydrogens (tertiary/aromatic N) is 4. The molecule has 0 amide bonds. The number of thiophene rings is 1. The lowest BCUT2D eigenvalue weighted by atomic mass is 10.0. The molecule has 0 aliphatic heterocycles. The van der Waals surface area contributed by atoms with Crippen LogP contribution in [0.2, 0.25) is 0 Å². The first-order valence-electron chi connectivity index (χ1n) is 15.3. The SMILES string of the molecule is c1ccc(-c2nc(-c3ccc4c(c3)sc3ccccc34)nc(-c3cccc4oc5cc6nc(-c7ccccc7)sc6cc5c34)n2)cc1. The van der Waals surface area contributed by atoms with Gasteiger partial charge in [0.15, 0.2) is 17.5 Å². The van der Waals surface area contributed by atoms with Crippen LogP contribution < -0.4 is 0 Å². The number of benzene rings is 6. The second-order valence-electron chi connectivity index (χ2n) is 11.5. The molecule has 220 valence electrons. The van der Waals surface area contributed by atoms with E-state index in [1.807, 2.05) is 66.7 Å². The molecule has 47 heavy (non-hydrogen) atoms. The second kappa shape index (κ2) is 10.4. The quantitative estimate of drug-likeness (QED) is 0.192. The molecule has 0 bridgehead atoms. The van der Waals surface area contributed by atoms with E-state index in [1.54, 1.807) is 22.7 Å². The maximum Gasteiger partial charge on any atom is 0.164 e. The lowest BCUT2D eigenvalue weighted by Crippen LogP contribution is -2.00. The van der Waals surface area contributed by atoms with Crippen LogP contribution in [-0.4, -0.2) is 19.9 Å². The summed E-state index contributed by atoms with van der Waals surface area (Å²) in [7, 11) is 0. The van der Waals surface area contributed by atoms with Gasteiger partial charge in [0.2, 0.25) is 0 Å². The van der Waals surface area contributed by atoms with Gasteiger partial charge < -0.3 is 4.42 Å². The minimum Gasteiger partial charge on any atom is -0.456 e. The number of furan rings is 1. The number of hydrogen-bond donors (Lipinski definition) is 0. The van der Waals surface area contributed by atoms with E-state index in [0.29, 0.717) is 17.5 Å². The van der Waals surface area contributed by atoms with Gasteiger partial charge in [0.1, 0.15) is 16.2 Å². The van der Waals surface area contributed by atoms with E-state index in [1.165, 1.54) is 20.2 Å². The van der Waals surface area contributed by atoms with E-state index in [9.17, 15) is 0 Å². The summed E-state index contributed by atoms with van der Waals surface area (Å²) in [4.78, 5) is 20.2. The fourth-order valence-electron chi connectivity index (χ4n) is 6.34. The molecule has 0 saturated carbocycles. The van der Waals surface area contributed by atoms with Crippen LogP contribution in [0.5, 0.6) is 0 Å². The van der Waals surface area contributed by atoms with Gasteiger partial charge >= 0.3 is 0 Å². The number of rotatable bonds is 4.